The van der Waals surface area contributed by atoms with Crippen molar-refractivity contribution >= 4 is 11.9 Å². The van der Waals surface area contributed by atoms with Crippen molar-refractivity contribution in [2.24, 2.45) is 0 Å². The zero-order valence-electron chi connectivity index (χ0n) is 12.0. The summed E-state index contributed by atoms with van der Waals surface area (Å²) in [5.41, 5.74) is -0.0531. The topological polar surface area (TPSA) is 83.6 Å². The molecule has 0 bridgehead atoms. The van der Waals surface area contributed by atoms with Gasteiger partial charge in [-0.05, 0) is 19.3 Å². The van der Waals surface area contributed by atoms with E-state index in [4.69, 9.17) is 4.52 Å². The van der Waals surface area contributed by atoms with Gasteiger partial charge in [0.1, 0.15) is 11.8 Å². The molecular weight excluding hydrogens is 260 g/mol. The molecule has 1 aliphatic rings. The number of carboxylic acid groups (broad SMARTS) is 1. The van der Waals surface area contributed by atoms with Crippen LogP contribution in [0.25, 0.3) is 0 Å². The fourth-order valence-corrected chi connectivity index (χ4v) is 2.31. The Morgan fingerprint density at radius 1 is 1.40 bits per heavy atom. The zero-order chi connectivity index (χ0) is 14.9. The maximum atomic E-state index is 12.4. The fraction of sp³-hybridized carbons (Fsp3) is 0.643. The van der Waals surface area contributed by atoms with Crippen molar-refractivity contribution in [1.82, 2.24) is 10.1 Å². The van der Waals surface area contributed by atoms with E-state index in [0.29, 0.717) is 18.7 Å². The number of piperidine rings is 1. The summed E-state index contributed by atoms with van der Waals surface area (Å²) in [5.74, 6) is -0.710. The van der Waals surface area contributed by atoms with Crippen LogP contribution >= 0.6 is 0 Å². The van der Waals surface area contributed by atoms with Crippen LogP contribution in [-0.4, -0.2) is 39.6 Å². The first-order valence-corrected chi connectivity index (χ1v) is 6.81. The molecule has 6 nitrogen and oxygen atoms in total. The molecule has 0 aliphatic carbocycles. The molecule has 0 spiro atoms. The zero-order valence-corrected chi connectivity index (χ0v) is 12.0. The lowest BCUT2D eigenvalue weighted by atomic mass is 9.93. The minimum Gasteiger partial charge on any atom is -0.480 e. The molecule has 1 aliphatic heterocycles. The van der Waals surface area contributed by atoms with Gasteiger partial charge in [0.25, 0.3) is 5.91 Å². The molecule has 1 atom stereocenters. The maximum Gasteiger partial charge on any atom is 0.326 e. The van der Waals surface area contributed by atoms with Gasteiger partial charge in [-0.25, -0.2) is 4.79 Å². The van der Waals surface area contributed by atoms with E-state index in [1.165, 1.54) is 4.90 Å². The third kappa shape index (κ3) is 2.84. The van der Waals surface area contributed by atoms with E-state index < -0.39 is 12.0 Å². The number of hydrogen-bond donors (Lipinski definition) is 1. The number of likely N-dealkylation sites (tertiary alicyclic amines) is 1. The van der Waals surface area contributed by atoms with Gasteiger partial charge in [0.15, 0.2) is 5.69 Å². The summed E-state index contributed by atoms with van der Waals surface area (Å²) in [6, 6.07) is 0.849. The summed E-state index contributed by atoms with van der Waals surface area (Å²) in [7, 11) is 0. The Balaban J connectivity index is 2.21. The molecule has 1 aromatic heterocycles. The van der Waals surface area contributed by atoms with E-state index >= 15 is 0 Å². The number of carbonyl (C=O) groups excluding carboxylic acids is 1. The van der Waals surface area contributed by atoms with E-state index in [1.807, 2.05) is 20.8 Å². The number of aliphatic carboxylic acids is 1. The summed E-state index contributed by atoms with van der Waals surface area (Å²) >= 11 is 0. The second-order valence-electron chi connectivity index (χ2n) is 6.17. The number of hydrogen-bond acceptors (Lipinski definition) is 4. The Morgan fingerprint density at radius 2 is 2.10 bits per heavy atom. The van der Waals surface area contributed by atoms with E-state index in [9.17, 15) is 14.7 Å². The molecule has 2 rings (SSSR count). The highest BCUT2D eigenvalue weighted by molar-refractivity contribution is 5.95. The van der Waals surface area contributed by atoms with Gasteiger partial charge < -0.3 is 14.5 Å². The predicted octanol–water partition coefficient (Wildman–Crippen LogP) is 2.05. The molecule has 20 heavy (non-hydrogen) atoms. The minimum absolute atomic E-state index is 0.183. The maximum absolute atomic E-state index is 12.4. The lowest BCUT2D eigenvalue weighted by molar-refractivity contribution is -0.143. The molecular formula is C14H20N2O4. The van der Waals surface area contributed by atoms with Crippen molar-refractivity contribution in [3.63, 3.8) is 0 Å². The quantitative estimate of drug-likeness (QED) is 0.896. The predicted molar refractivity (Wildman–Crippen MR) is 71.5 cm³/mol. The van der Waals surface area contributed by atoms with Gasteiger partial charge in [-0.15, -0.1) is 0 Å². The monoisotopic (exact) mass is 280 g/mol. The molecule has 1 saturated heterocycles. The Kier molecular flexibility index (Phi) is 3.83. The molecule has 1 N–H and O–H groups in total. The number of nitrogens with zero attached hydrogens (tertiary/aromatic N) is 2. The largest absolute Gasteiger partial charge is 0.480 e. The Bertz CT molecular complexity index is 515. The average molecular weight is 280 g/mol. The van der Waals surface area contributed by atoms with Crippen LogP contribution in [0.1, 0.15) is 56.3 Å². The van der Waals surface area contributed by atoms with Crippen molar-refractivity contribution in [1.29, 1.82) is 0 Å². The molecule has 1 amide bonds. The molecule has 0 unspecified atom stereocenters. The number of rotatable bonds is 2. The van der Waals surface area contributed by atoms with Crippen LogP contribution < -0.4 is 0 Å². The van der Waals surface area contributed by atoms with E-state index in [0.717, 1.165) is 12.8 Å². The summed E-state index contributed by atoms with van der Waals surface area (Å²) < 4.78 is 5.19. The second-order valence-corrected chi connectivity index (χ2v) is 6.17. The van der Waals surface area contributed by atoms with Crippen LogP contribution in [0.5, 0.6) is 0 Å². The Labute approximate surface area is 117 Å². The smallest absolute Gasteiger partial charge is 0.326 e. The van der Waals surface area contributed by atoms with Crippen LogP contribution in [0.2, 0.25) is 0 Å². The van der Waals surface area contributed by atoms with E-state index in [-0.39, 0.29) is 17.0 Å². The van der Waals surface area contributed by atoms with E-state index in [1.54, 1.807) is 6.07 Å². The lowest BCUT2D eigenvalue weighted by Gasteiger charge is -2.32. The third-order valence-corrected chi connectivity index (χ3v) is 3.52. The molecule has 1 fully saturated rings. The molecule has 1 aromatic rings. The Hall–Kier alpha value is -1.85. The molecule has 6 heteroatoms. The summed E-state index contributed by atoms with van der Waals surface area (Å²) in [6.07, 6.45) is 2.14. The van der Waals surface area contributed by atoms with Gasteiger partial charge in [-0.2, -0.15) is 0 Å². The van der Waals surface area contributed by atoms with Crippen LogP contribution in [-0.2, 0) is 10.2 Å². The third-order valence-electron chi connectivity index (χ3n) is 3.52. The summed E-state index contributed by atoms with van der Waals surface area (Å²) in [6.45, 7) is 6.33. The number of amides is 1. The minimum atomic E-state index is -0.961. The second kappa shape index (κ2) is 5.26. The molecule has 2 heterocycles. The van der Waals surface area contributed by atoms with Crippen molar-refractivity contribution in [3.05, 3.63) is 17.5 Å². The normalized spacial score (nSPS) is 19.9. The van der Waals surface area contributed by atoms with Crippen molar-refractivity contribution < 1.29 is 19.2 Å². The van der Waals surface area contributed by atoms with Crippen molar-refractivity contribution in [2.75, 3.05) is 6.54 Å². The van der Waals surface area contributed by atoms with E-state index in [2.05, 4.69) is 5.16 Å². The number of carbonyl (C=O) groups is 2. The summed E-state index contributed by atoms with van der Waals surface area (Å²) in [5, 5.41) is 13.0. The van der Waals surface area contributed by atoms with Gasteiger partial charge in [0.2, 0.25) is 0 Å². The first-order chi connectivity index (χ1) is 9.30. The van der Waals surface area contributed by atoms with Gasteiger partial charge in [-0.1, -0.05) is 25.9 Å². The van der Waals surface area contributed by atoms with Gasteiger partial charge in [0.05, 0.1) is 0 Å². The highest BCUT2D eigenvalue weighted by Crippen LogP contribution is 2.25. The molecule has 110 valence electrons. The standard InChI is InChI=1S/C14H20N2O4/c1-14(2,3)11-8-9(15-20-11)12(17)16-7-5-4-6-10(16)13(18)19/h8,10H,4-7H2,1-3H3,(H,18,19)/t10-/m0/s1. The highest BCUT2D eigenvalue weighted by Gasteiger charge is 2.34. The van der Waals surface area contributed by atoms with Gasteiger partial charge in [0, 0.05) is 18.0 Å². The average Bonchev–Trinajstić information content (AvgIpc) is 2.87. The van der Waals surface area contributed by atoms with Crippen molar-refractivity contribution in [3.8, 4) is 0 Å². The SMILES string of the molecule is CC(C)(C)c1cc(C(=O)N2CCCC[C@H]2C(=O)O)no1. The van der Waals surface area contributed by atoms with Crippen molar-refractivity contribution in [2.45, 2.75) is 51.5 Å². The van der Waals surface area contributed by atoms with Gasteiger partial charge in [-0.3, -0.25) is 4.79 Å². The van der Waals surface area contributed by atoms with Crippen LogP contribution in [0.4, 0.5) is 0 Å². The molecule has 0 saturated carbocycles. The fourth-order valence-electron chi connectivity index (χ4n) is 2.31. The first-order valence-electron chi connectivity index (χ1n) is 6.81. The molecule has 0 radical (unpaired) electrons. The highest BCUT2D eigenvalue weighted by atomic mass is 16.5. The number of aromatic nitrogens is 1. The molecule has 0 aromatic carbocycles. The Morgan fingerprint density at radius 3 is 2.65 bits per heavy atom. The van der Waals surface area contributed by atoms with Gasteiger partial charge >= 0.3 is 5.97 Å². The lowest BCUT2D eigenvalue weighted by Crippen LogP contribution is -2.48. The first kappa shape index (κ1) is 14.6. The van der Waals surface area contributed by atoms with Crippen LogP contribution in [0.15, 0.2) is 10.6 Å². The number of carboxylic acids is 1. The van der Waals surface area contributed by atoms with Crippen LogP contribution in [0, 0.1) is 0 Å². The summed E-state index contributed by atoms with van der Waals surface area (Å²) in [4.78, 5) is 25.0. The van der Waals surface area contributed by atoms with Crippen LogP contribution in [0.3, 0.4) is 0 Å².